The van der Waals surface area contributed by atoms with Crippen molar-refractivity contribution in [2.24, 2.45) is 0 Å². The molecule has 4 aromatic rings. The van der Waals surface area contributed by atoms with Gasteiger partial charge < -0.3 is 14.8 Å². The number of fused-ring (bicyclic) bond motifs is 1. The summed E-state index contributed by atoms with van der Waals surface area (Å²) in [7, 11) is -2.57. The Bertz CT molecular complexity index is 1530. The van der Waals surface area contributed by atoms with Gasteiger partial charge in [-0.3, -0.25) is 4.72 Å². The molecular weight excluding hydrogens is 471 g/mol. The number of aromatic nitrogens is 1. The summed E-state index contributed by atoms with van der Waals surface area (Å²) in [6.45, 7) is 6.12. The molecule has 35 heavy (non-hydrogen) atoms. The lowest BCUT2D eigenvalue weighted by atomic mass is 9.87. The summed E-state index contributed by atoms with van der Waals surface area (Å²) in [4.78, 5) is 14.8. The zero-order valence-corrected chi connectivity index (χ0v) is 20.5. The quantitative estimate of drug-likeness (QED) is 0.314. The monoisotopic (exact) mass is 496 g/mol. The van der Waals surface area contributed by atoms with E-state index < -0.39 is 21.8 Å². The number of carboxylic acids is 1. The molecule has 0 amide bonds. The van der Waals surface area contributed by atoms with Gasteiger partial charge in [-0.25, -0.2) is 17.6 Å². The van der Waals surface area contributed by atoms with Crippen LogP contribution in [-0.4, -0.2) is 31.6 Å². The number of carboxylic acid groups (broad SMARTS) is 1. The van der Waals surface area contributed by atoms with Gasteiger partial charge in [-0.15, -0.1) is 0 Å². The maximum atomic E-state index is 14.4. The zero-order valence-electron chi connectivity index (χ0n) is 19.6. The number of carbonyl (C=O) groups is 1. The number of ether oxygens (including phenoxy) is 1. The van der Waals surface area contributed by atoms with Crippen LogP contribution in [0.15, 0.2) is 65.6 Å². The van der Waals surface area contributed by atoms with E-state index in [1.807, 2.05) is 20.8 Å². The topological polar surface area (TPSA) is 108 Å². The van der Waals surface area contributed by atoms with E-state index in [0.29, 0.717) is 16.5 Å². The minimum absolute atomic E-state index is 0.0244. The van der Waals surface area contributed by atoms with Crippen LogP contribution in [-0.2, 0) is 15.4 Å². The molecule has 3 N–H and O–H groups in total. The Morgan fingerprint density at radius 3 is 2.29 bits per heavy atom. The first kappa shape index (κ1) is 24.3. The fourth-order valence-electron chi connectivity index (χ4n) is 3.89. The SMILES string of the molecule is COc1ccc(-c2c(C(=O)O)[nH]c3ccc(NS(=O)(=O)c4ccc(C(C)(C)C)cc4)cc23)cc1F. The Morgan fingerprint density at radius 1 is 1.03 bits per heavy atom. The van der Waals surface area contributed by atoms with Gasteiger partial charge in [-0.05, 0) is 59.0 Å². The zero-order chi connectivity index (χ0) is 25.5. The lowest BCUT2D eigenvalue weighted by Crippen LogP contribution is -2.14. The highest BCUT2D eigenvalue weighted by Gasteiger charge is 2.22. The lowest BCUT2D eigenvalue weighted by Gasteiger charge is -2.19. The standard InChI is InChI=1S/C26H25FN2O5S/c1-26(2,3)16-6-9-18(10-7-16)35(32,33)29-17-8-11-21-19(14-17)23(24(28-21)25(30)31)15-5-12-22(34-4)20(27)13-15/h5-14,28-29H,1-4H3,(H,30,31). The van der Waals surface area contributed by atoms with Gasteiger partial charge in [-0.1, -0.05) is 39.0 Å². The number of methoxy groups -OCH3 is 1. The van der Waals surface area contributed by atoms with Crippen LogP contribution < -0.4 is 9.46 Å². The largest absolute Gasteiger partial charge is 0.494 e. The van der Waals surface area contributed by atoms with E-state index in [0.717, 1.165) is 5.56 Å². The van der Waals surface area contributed by atoms with Crippen molar-refractivity contribution in [3.8, 4) is 16.9 Å². The van der Waals surface area contributed by atoms with Crippen molar-refractivity contribution in [1.29, 1.82) is 0 Å². The summed E-state index contributed by atoms with van der Waals surface area (Å²) in [6, 6.07) is 15.4. The van der Waals surface area contributed by atoms with E-state index >= 15 is 0 Å². The molecular formula is C26H25FN2O5S. The highest BCUT2D eigenvalue weighted by atomic mass is 32.2. The fourth-order valence-corrected chi connectivity index (χ4v) is 4.94. The predicted molar refractivity (Wildman–Crippen MR) is 133 cm³/mol. The number of hydrogen-bond donors (Lipinski definition) is 3. The Kier molecular flexibility index (Phi) is 6.06. The van der Waals surface area contributed by atoms with E-state index in [2.05, 4.69) is 9.71 Å². The molecule has 0 saturated carbocycles. The summed E-state index contributed by atoms with van der Waals surface area (Å²) in [6.07, 6.45) is 0. The number of anilines is 1. The highest BCUT2D eigenvalue weighted by molar-refractivity contribution is 7.92. The van der Waals surface area contributed by atoms with Crippen LogP contribution in [0.4, 0.5) is 10.1 Å². The maximum absolute atomic E-state index is 14.4. The average Bonchev–Trinajstić information content (AvgIpc) is 3.17. The third kappa shape index (κ3) is 4.72. The normalized spacial score (nSPS) is 12.0. The molecule has 9 heteroatoms. The summed E-state index contributed by atoms with van der Waals surface area (Å²) >= 11 is 0. The average molecular weight is 497 g/mol. The number of halogens is 1. The van der Waals surface area contributed by atoms with E-state index in [1.165, 1.54) is 31.4 Å². The molecule has 0 atom stereocenters. The molecule has 7 nitrogen and oxygen atoms in total. The minimum atomic E-state index is -3.90. The van der Waals surface area contributed by atoms with Crippen LogP contribution in [0.2, 0.25) is 0 Å². The van der Waals surface area contributed by atoms with Gasteiger partial charge >= 0.3 is 5.97 Å². The summed E-state index contributed by atoms with van der Waals surface area (Å²) < 4.78 is 47.9. The molecule has 0 fully saturated rings. The molecule has 0 unspecified atom stereocenters. The number of H-pyrrole nitrogens is 1. The molecule has 0 aliphatic rings. The van der Waals surface area contributed by atoms with E-state index in [-0.39, 0.29) is 33.0 Å². The van der Waals surface area contributed by atoms with Crippen LogP contribution in [0, 0.1) is 5.82 Å². The first-order valence-electron chi connectivity index (χ1n) is 10.8. The third-order valence-electron chi connectivity index (χ3n) is 5.74. The fraction of sp³-hybridized carbons (Fsp3) is 0.192. The minimum Gasteiger partial charge on any atom is -0.494 e. The van der Waals surface area contributed by atoms with E-state index in [4.69, 9.17) is 4.74 Å². The second-order valence-corrected chi connectivity index (χ2v) is 10.9. The second kappa shape index (κ2) is 8.74. The third-order valence-corrected chi connectivity index (χ3v) is 7.13. The maximum Gasteiger partial charge on any atom is 0.352 e. The highest BCUT2D eigenvalue weighted by Crippen LogP contribution is 2.36. The van der Waals surface area contributed by atoms with Crippen LogP contribution in [0.25, 0.3) is 22.0 Å². The lowest BCUT2D eigenvalue weighted by molar-refractivity contribution is 0.0692. The second-order valence-electron chi connectivity index (χ2n) is 9.17. The van der Waals surface area contributed by atoms with Gasteiger partial charge in [0.15, 0.2) is 11.6 Å². The first-order valence-corrected chi connectivity index (χ1v) is 12.3. The molecule has 0 spiro atoms. The van der Waals surface area contributed by atoms with Crippen molar-refractivity contribution in [3.63, 3.8) is 0 Å². The molecule has 4 rings (SSSR count). The van der Waals surface area contributed by atoms with Crippen molar-refractivity contribution in [3.05, 3.63) is 77.7 Å². The molecule has 0 bridgehead atoms. The summed E-state index contributed by atoms with van der Waals surface area (Å²) in [5.74, 6) is -1.85. The number of sulfonamides is 1. The number of rotatable bonds is 6. The Morgan fingerprint density at radius 2 is 1.71 bits per heavy atom. The van der Waals surface area contributed by atoms with Crippen LogP contribution >= 0.6 is 0 Å². The van der Waals surface area contributed by atoms with Crippen LogP contribution in [0.3, 0.4) is 0 Å². The summed E-state index contributed by atoms with van der Waals surface area (Å²) in [5, 5.41) is 10.1. The molecule has 0 aliphatic carbocycles. The number of hydrogen-bond acceptors (Lipinski definition) is 4. The number of benzene rings is 3. The molecule has 0 aliphatic heterocycles. The van der Waals surface area contributed by atoms with Gasteiger partial charge in [0.25, 0.3) is 10.0 Å². The molecule has 0 saturated heterocycles. The van der Waals surface area contributed by atoms with Gasteiger partial charge in [0.05, 0.1) is 12.0 Å². The molecule has 1 heterocycles. The van der Waals surface area contributed by atoms with Gasteiger partial charge in [-0.2, -0.15) is 0 Å². The first-order chi connectivity index (χ1) is 16.4. The van der Waals surface area contributed by atoms with Crippen molar-refractivity contribution < 1.29 is 27.4 Å². The van der Waals surface area contributed by atoms with Crippen molar-refractivity contribution in [1.82, 2.24) is 4.98 Å². The smallest absolute Gasteiger partial charge is 0.352 e. The Balaban J connectivity index is 1.77. The van der Waals surface area contributed by atoms with Gasteiger partial charge in [0, 0.05) is 22.2 Å². The van der Waals surface area contributed by atoms with E-state index in [1.54, 1.807) is 36.4 Å². The van der Waals surface area contributed by atoms with Crippen molar-refractivity contribution >= 4 is 32.6 Å². The van der Waals surface area contributed by atoms with Crippen molar-refractivity contribution in [2.45, 2.75) is 31.1 Å². The predicted octanol–water partition coefficient (Wildman–Crippen LogP) is 5.78. The Hall–Kier alpha value is -3.85. The number of nitrogens with one attached hydrogen (secondary N) is 2. The van der Waals surface area contributed by atoms with Crippen molar-refractivity contribution in [2.75, 3.05) is 11.8 Å². The molecule has 1 aromatic heterocycles. The van der Waals surface area contributed by atoms with E-state index in [9.17, 15) is 22.7 Å². The number of aromatic carboxylic acids is 1. The van der Waals surface area contributed by atoms with Gasteiger partial charge in [0.2, 0.25) is 0 Å². The van der Waals surface area contributed by atoms with Crippen LogP contribution in [0.1, 0.15) is 36.8 Å². The molecule has 182 valence electrons. The van der Waals surface area contributed by atoms with Gasteiger partial charge in [0.1, 0.15) is 5.69 Å². The molecule has 0 radical (unpaired) electrons. The molecule has 3 aromatic carbocycles. The van der Waals surface area contributed by atoms with Crippen LogP contribution in [0.5, 0.6) is 5.75 Å². The Labute approximate surface area is 202 Å². The number of aromatic amines is 1. The summed E-state index contributed by atoms with van der Waals surface area (Å²) in [5.41, 5.74) is 2.00.